The minimum atomic E-state index is -0.629. The van der Waals surface area contributed by atoms with Gasteiger partial charge in [0.25, 0.3) is 0 Å². The van der Waals surface area contributed by atoms with Gasteiger partial charge in [0.05, 0.1) is 13.2 Å². The van der Waals surface area contributed by atoms with Crippen LogP contribution in [0.25, 0.3) is 0 Å². The smallest absolute Gasteiger partial charge is 0.357 e. The van der Waals surface area contributed by atoms with E-state index in [1.807, 2.05) is 31.9 Å². The molecule has 10 heteroatoms. The summed E-state index contributed by atoms with van der Waals surface area (Å²) in [5.41, 5.74) is 0.254. The highest BCUT2D eigenvalue weighted by Gasteiger charge is 2.38. The number of nitrogens with zero attached hydrogens (tertiary/aromatic N) is 3. The van der Waals surface area contributed by atoms with Crippen LogP contribution in [0.4, 0.5) is 0 Å². The first-order chi connectivity index (χ1) is 19.6. The van der Waals surface area contributed by atoms with Gasteiger partial charge in [-0.05, 0) is 51.6 Å². The van der Waals surface area contributed by atoms with Crippen LogP contribution in [0, 0.1) is 11.8 Å². The number of likely N-dealkylation sites (tertiary alicyclic amines) is 1. The van der Waals surface area contributed by atoms with Crippen molar-refractivity contribution in [2.75, 3.05) is 33.9 Å². The molecule has 1 aromatic rings. The largest absolute Gasteiger partial charge is 0.464 e. The maximum atomic E-state index is 14.4. The van der Waals surface area contributed by atoms with Gasteiger partial charge in [-0.3, -0.25) is 14.5 Å². The first-order valence-corrected chi connectivity index (χ1v) is 16.1. The Morgan fingerprint density at radius 1 is 1.20 bits per heavy atom. The monoisotopic (exact) mass is 592 g/mol. The normalized spacial score (nSPS) is 19.1. The lowest BCUT2D eigenvalue weighted by Gasteiger charge is -2.40. The van der Waals surface area contributed by atoms with Crippen LogP contribution in [0.2, 0.25) is 0 Å². The van der Waals surface area contributed by atoms with Gasteiger partial charge in [-0.1, -0.05) is 59.6 Å². The molecule has 0 aliphatic carbocycles. The molecule has 1 fully saturated rings. The number of piperidine rings is 1. The Kier molecular flexibility index (Phi) is 15.0. The number of nitrogens with one attached hydrogen (secondary N) is 1. The van der Waals surface area contributed by atoms with Gasteiger partial charge in [-0.15, -0.1) is 11.3 Å². The summed E-state index contributed by atoms with van der Waals surface area (Å²) in [6, 6.07) is -1.03. The fourth-order valence-electron chi connectivity index (χ4n) is 5.31. The van der Waals surface area contributed by atoms with Crippen LogP contribution in [0.1, 0.15) is 102 Å². The van der Waals surface area contributed by atoms with E-state index in [0.717, 1.165) is 38.6 Å². The number of thiazole rings is 1. The first-order valence-electron chi connectivity index (χ1n) is 15.2. The van der Waals surface area contributed by atoms with Crippen molar-refractivity contribution in [2.24, 2.45) is 11.8 Å². The van der Waals surface area contributed by atoms with Gasteiger partial charge < -0.3 is 19.7 Å². The van der Waals surface area contributed by atoms with Crippen LogP contribution in [0.5, 0.6) is 0 Å². The fourth-order valence-corrected chi connectivity index (χ4v) is 6.16. The molecule has 0 saturated carbocycles. The SMILES string of the molecule is CC/C=C/CN(C(=O)[C@@H](NC(=O)[C@H]1CCCCN1C)C(C)CC)[C@H](C[C@@H](OCC)c1nc(C(=O)OC)cs1)C(C)C. The molecule has 0 spiro atoms. The van der Waals surface area contributed by atoms with E-state index >= 15 is 0 Å². The molecule has 2 amide bonds. The van der Waals surface area contributed by atoms with Crippen LogP contribution in [0.15, 0.2) is 17.5 Å². The topological polar surface area (TPSA) is 101 Å². The minimum Gasteiger partial charge on any atom is -0.464 e. The predicted octanol–water partition coefficient (Wildman–Crippen LogP) is 5.23. The third-order valence-corrected chi connectivity index (χ3v) is 8.96. The zero-order valence-corrected chi connectivity index (χ0v) is 27.2. The summed E-state index contributed by atoms with van der Waals surface area (Å²) in [4.78, 5) is 48.5. The molecular formula is C31H52N4O5S. The Bertz CT molecular complexity index is 997. The molecule has 1 unspecified atom stereocenters. The third kappa shape index (κ3) is 9.89. The molecule has 2 rings (SSSR count). The van der Waals surface area contributed by atoms with Gasteiger partial charge in [0.2, 0.25) is 11.8 Å². The van der Waals surface area contributed by atoms with E-state index in [-0.39, 0.29) is 41.4 Å². The summed E-state index contributed by atoms with van der Waals surface area (Å²) in [6.07, 6.45) is 8.75. The second kappa shape index (κ2) is 17.6. The molecule has 41 heavy (non-hydrogen) atoms. The van der Waals surface area contributed by atoms with Crippen LogP contribution in [-0.4, -0.2) is 84.5 Å². The van der Waals surface area contributed by atoms with Gasteiger partial charge in [-0.2, -0.15) is 0 Å². The number of esters is 1. The highest BCUT2D eigenvalue weighted by Crippen LogP contribution is 2.31. The average Bonchev–Trinajstić information content (AvgIpc) is 3.46. The van der Waals surface area contributed by atoms with Gasteiger partial charge in [0, 0.05) is 31.0 Å². The number of carbonyl (C=O) groups excluding carboxylic acids is 3. The number of ether oxygens (including phenoxy) is 2. The van der Waals surface area contributed by atoms with Gasteiger partial charge in [0.15, 0.2) is 5.69 Å². The van der Waals surface area contributed by atoms with Crippen molar-refractivity contribution >= 4 is 29.1 Å². The summed E-state index contributed by atoms with van der Waals surface area (Å²) in [5.74, 6) is -0.554. The van der Waals surface area contributed by atoms with E-state index in [0.29, 0.717) is 24.6 Å². The number of hydrogen-bond acceptors (Lipinski definition) is 8. The number of hydrogen-bond donors (Lipinski definition) is 1. The lowest BCUT2D eigenvalue weighted by atomic mass is 9.92. The number of aromatic nitrogens is 1. The fraction of sp³-hybridized carbons (Fsp3) is 0.742. The average molecular weight is 593 g/mol. The molecule has 0 radical (unpaired) electrons. The molecule has 0 bridgehead atoms. The number of carbonyl (C=O) groups is 3. The van der Waals surface area contributed by atoms with E-state index in [1.165, 1.54) is 18.4 Å². The number of likely N-dealkylation sites (N-methyl/N-ethyl adjacent to an activating group) is 1. The molecule has 9 nitrogen and oxygen atoms in total. The Morgan fingerprint density at radius 3 is 2.51 bits per heavy atom. The zero-order chi connectivity index (χ0) is 30.5. The van der Waals surface area contributed by atoms with Crippen molar-refractivity contribution in [1.29, 1.82) is 0 Å². The molecule has 1 aliphatic heterocycles. The third-order valence-electron chi connectivity index (χ3n) is 8.02. The second-order valence-corrected chi connectivity index (χ2v) is 12.2. The standard InChI is InChI=1S/C31H52N4O5S/c1-9-12-14-18-35(30(37)27(22(6)10-2)33-28(36)24-16-13-15-17-34(24)7)25(21(4)5)19-26(40-11-3)29-32-23(20-41-29)31(38)39-8/h12,14,20-22,24-27H,9-11,13,15-19H2,1-8H3,(H,33,36)/b14-12+/t22?,24-,25-,26-,27+/m1/s1. The molecule has 5 atom stereocenters. The maximum absolute atomic E-state index is 14.4. The molecule has 2 heterocycles. The molecule has 232 valence electrons. The Labute approximate surface area is 251 Å². The van der Waals surface area contributed by atoms with Crippen molar-refractivity contribution in [3.63, 3.8) is 0 Å². The van der Waals surface area contributed by atoms with Crippen LogP contribution >= 0.6 is 11.3 Å². The lowest BCUT2D eigenvalue weighted by molar-refractivity contribution is -0.142. The predicted molar refractivity (Wildman–Crippen MR) is 164 cm³/mol. The van der Waals surface area contributed by atoms with Crippen molar-refractivity contribution in [2.45, 2.75) is 104 Å². The number of allylic oxidation sites excluding steroid dienone is 1. The molecule has 1 aromatic heterocycles. The highest BCUT2D eigenvalue weighted by atomic mass is 32.1. The van der Waals surface area contributed by atoms with Crippen LogP contribution < -0.4 is 5.32 Å². The van der Waals surface area contributed by atoms with Crippen molar-refractivity contribution in [3.05, 3.63) is 28.2 Å². The van der Waals surface area contributed by atoms with Crippen LogP contribution in [0.3, 0.4) is 0 Å². The summed E-state index contributed by atoms with van der Waals surface area (Å²) < 4.78 is 11.0. The van der Waals surface area contributed by atoms with Crippen molar-refractivity contribution in [1.82, 2.24) is 20.1 Å². The number of amides is 2. The summed E-state index contributed by atoms with van der Waals surface area (Å²) in [6.45, 7) is 14.1. The molecule has 0 aromatic carbocycles. The van der Waals surface area contributed by atoms with Gasteiger partial charge >= 0.3 is 5.97 Å². The van der Waals surface area contributed by atoms with E-state index < -0.39 is 18.1 Å². The van der Waals surface area contributed by atoms with Crippen molar-refractivity contribution in [3.8, 4) is 0 Å². The summed E-state index contributed by atoms with van der Waals surface area (Å²) in [5, 5.41) is 5.54. The van der Waals surface area contributed by atoms with E-state index in [2.05, 4.69) is 49.0 Å². The Balaban J connectivity index is 2.42. The molecule has 1 N–H and O–H groups in total. The molecular weight excluding hydrogens is 540 g/mol. The summed E-state index contributed by atoms with van der Waals surface area (Å²) >= 11 is 1.36. The van der Waals surface area contributed by atoms with Crippen molar-refractivity contribution < 1.29 is 23.9 Å². The highest BCUT2D eigenvalue weighted by molar-refractivity contribution is 7.09. The van der Waals surface area contributed by atoms with E-state index in [1.54, 1.807) is 5.38 Å². The number of rotatable bonds is 16. The Hall–Kier alpha value is -2.30. The molecule has 1 saturated heterocycles. The van der Waals surface area contributed by atoms with E-state index in [4.69, 9.17) is 9.47 Å². The maximum Gasteiger partial charge on any atom is 0.357 e. The molecule has 1 aliphatic rings. The number of methoxy groups -OCH3 is 1. The first kappa shape index (κ1) is 34.9. The zero-order valence-electron chi connectivity index (χ0n) is 26.4. The Morgan fingerprint density at radius 2 is 1.93 bits per heavy atom. The minimum absolute atomic E-state index is 0.0323. The summed E-state index contributed by atoms with van der Waals surface area (Å²) in [7, 11) is 3.32. The van der Waals surface area contributed by atoms with E-state index in [9.17, 15) is 14.4 Å². The quantitative estimate of drug-likeness (QED) is 0.207. The lowest BCUT2D eigenvalue weighted by Crippen LogP contribution is -2.58. The second-order valence-electron chi connectivity index (χ2n) is 11.3. The van der Waals surface area contributed by atoms with Crippen LogP contribution in [-0.2, 0) is 19.1 Å². The van der Waals surface area contributed by atoms with Gasteiger partial charge in [-0.25, -0.2) is 9.78 Å². The van der Waals surface area contributed by atoms with Gasteiger partial charge in [0.1, 0.15) is 17.2 Å².